The fraction of sp³-hybridized carbons (Fsp3) is 0.217. The average molecular weight is 544 g/mol. The van der Waals surface area contributed by atoms with Crippen LogP contribution in [-0.2, 0) is 16.4 Å². The molecule has 0 fully saturated rings. The van der Waals surface area contributed by atoms with Crippen LogP contribution in [0.2, 0.25) is 10.2 Å². The van der Waals surface area contributed by atoms with Crippen LogP contribution >= 0.6 is 23.2 Å². The van der Waals surface area contributed by atoms with Gasteiger partial charge in [-0.25, -0.2) is 22.2 Å². The molecule has 1 amide bonds. The predicted molar refractivity (Wildman–Crippen MR) is 132 cm³/mol. The Kier molecular flexibility index (Phi) is 8.52. The molecule has 0 radical (unpaired) electrons. The fourth-order valence-electron chi connectivity index (χ4n) is 3.25. The van der Waals surface area contributed by atoms with Crippen molar-refractivity contribution >= 4 is 50.5 Å². The van der Waals surface area contributed by atoms with Gasteiger partial charge in [-0.3, -0.25) is 9.52 Å². The monoisotopic (exact) mass is 543 g/mol. The second-order valence-corrected chi connectivity index (χ2v) is 10.1. The van der Waals surface area contributed by atoms with E-state index < -0.39 is 54.2 Å². The smallest absolute Gasteiger partial charge is 0.258 e. The van der Waals surface area contributed by atoms with E-state index in [4.69, 9.17) is 27.9 Å². The minimum absolute atomic E-state index is 0.148. The van der Waals surface area contributed by atoms with E-state index in [9.17, 15) is 22.0 Å². The van der Waals surface area contributed by atoms with Crippen molar-refractivity contribution in [2.45, 2.75) is 25.0 Å². The highest BCUT2D eigenvalue weighted by atomic mass is 35.5. The molecule has 0 aliphatic heterocycles. The molecule has 1 atom stereocenters. The van der Waals surface area contributed by atoms with Crippen molar-refractivity contribution in [3.8, 4) is 5.75 Å². The van der Waals surface area contributed by atoms with Crippen LogP contribution in [0.1, 0.15) is 29.3 Å². The maximum absolute atomic E-state index is 14.5. The van der Waals surface area contributed by atoms with Gasteiger partial charge < -0.3 is 10.1 Å². The maximum Gasteiger partial charge on any atom is 0.258 e. The summed E-state index contributed by atoms with van der Waals surface area (Å²) in [6.45, 7) is 1.72. The van der Waals surface area contributed by atoms with Gasteiger partial charge in [0.1, 0.15) is 11.6 Å². The van der Waals surface area contributed by atoms with Crippen molar-refractivity contribution in [3.63, 3.8) is 0 Å². The molecule has 0 aliphatic carbocycles. The van der Waals surface area contributed by atoms with Gasteiger partial charge in [0.15, 0.2) is 11.0 Å². The van der Waals surface area contributed by atoms with E-state index >= 15 is 0 Å². The topological polar surface area (TPSA) is 97.4 Å². The largest absolute Gasteiger partial charge is 0.497 e. The Bertz CT molecular complexity index is 1340. The fourth-order valence-corrected chi connectivity index (χ4v) is 5.21. The molecule has 1 aromatic heterocycles. The quantitative estimate of drug-likeness (QED) is 0.338. The molecular weight excluding hydrogens is 523 g/mol. The lowest BCUT2D eigenvalue weighted by Gasteiger charge is -2.19. The highest BCUT2D eigenvalue weighted by molar-refractivity contribution is 7.93. The maximum atomic E-state index is 14.5. The second-order valence-electron chi connectivity index (χ2n) is 7.43. The van der Waals surface area contributed by atoms with Gasteiger partial charge in [0.2, 0.25) is 10.0 Å². The zero-order valence-electron chi connectivity index (χ0n) is 18.6. The number of sulfonamides is 1. The molecule has 0 aliphatic rings. The van der Waals surface area contributed by atoms with E-state index in [1.165, 1.54) is 7.11 Å². The van der Waals surface area contributed by atoms with Gasteiger partial charge in [-0.2, -0.15) is 0 Å². The molecule has 1 unspecified atom stereocenters. The minimum Gasteiger partial charge on any atom is -0.497 e. The first-order valence-electron chi connectivity index (χ1n) is 10.3. The number of nitrogens with one attached hydrogen (secondary N) is 2. The van der Waals surface area contributed by atoms with Gasteiger partial charge in [0.05, 0.1) is 34.3 Å². The number of rotatable bonds is 9. The zero-order valence-corrected chi connectivity index (χ0v) is 20.9. The van der Waals surface area contributed by atoms with E-state index in [1.54, 1.807) is 31.2 Å². The van der Waals surface area contributed by atoms with Crippen LogP contribution in [-0.4, -0.2) is 31.7 Å². The van der Waals surface area contributed by atoms with Crippen LogP contribution in [0.4, 0.5) is 20.2 Å². The standard InChI is InChI=1S/C23H21Cl2F2N3O4S/c1-3-15(12-13-4-6-14(34-2)7-5-13)35(32,33)30-18-9-8-17(26)21(19(18)24)29-23(31)16-10-11-28-22(25)20(16)27/h4-11,15,30H,3,12H2,1-2H3,(H,29,31). The Morgan fingerprint density at radius 1 is 1.11 bits per heavy atom. The first-order valence-corrected chi connectivity index (χ1v) is 12.6. The number of ether oxygens (including phenoxy) is 1. The summed E-state index contributed by atoms with van der Waals surface area (Å²) in [6.07, 6.45) is 1.60. The number of methoxy groups -OCH3 is 1. The summed E-state index contributed by atoms with van der Waals surface area (Å²) in [4.78, 5) is 16.0. The third kappa shape index (κ3) is 6.19. The van der Waals surface area contributed by atoms with Crippen molar-refractivity contribution in [1.82, 2.24) is 4.98 Å². The first-order chi connectivity index (χ1) is 16.6. The summed E-state index contributed by atoms with van der Waals surface area (Å²) >= 11 is 11.8. The molecule has 0 bridgehead atoms. The molecule has 12 heteroatoms. The number of carbonyl (C=O) groups excluding carboxylic acids is 1. The Morgan fingerprint density at radius 3 is 2.43 bits per heavy atom. The van der Waals surface area contributed by atoms with Crippen LogP contribution in [0.25, 0.3) is 0 Å². The number of halogens is 4. The molecule has 186 valence electrons. The summed E-state index contributed by atoms with van der Waals surface area (Å²) in [5, 5.41) is 0.398. The van der Waals surface area contributed by atoms with Crippen LogP contribution < -0.4 is 14.8 Å². The number of hydrogen-bond donors (Lipinski definition) is 2. The second kappa shape index (κ2) is 11.2. The highest BCUT2D eigenvalue weighted by Crippen LogP contribution is 2.34. The van der Waals surface area contributed by atoms with Crippen LogP contribution in [0.5, 0.6) is 5.75 Å². The number of aromatic nitrogens is 1. The Balaban J connectivity index is 1.84. The lowest BCUT2D eigenvalue weighted by molar-refractivity contribution is 0.102. The van der Waals surface area contributed by atoms with Crippen molar-refractivity contribution in [2.24, 2.45) is 0 Å². The van der Waals surface area contributed by atoms with Gasteiger partial charge in [-0.1, -0.05) is 42.3 Å². The zero-order chi connectivity index (χ0) is 25.8. The Morgan fingerprint density at radius 2 is 1.80 bits per heavy atom. The normalized spacial score (nSPS) is 12.2. The SMILES string of the molecule is CCC(Cc1ccc(OC)cc1)S(=O)(=O)Nc1ccc(F)c(NC(=O)c2ccnc(Cl)c2F)c1Cl. The molecule has 0 spiro atoms. The van der Waals surface area contributed by atoms with Gasteiger partial charge in [0.25, 0.3) is 5.91 Å². The van der Waals surface area contributed by atoms with Crippen molar-refractivity contribution in [3.05, 3.63) is 81.6 Å². The lowest BCUT2D eigenvalue weighted by Crippen LogP contribution is -2.29. The van der Waals surface area contributed by atoms with Gasteiger partial charge >= 0.3 is 0 Å². The Labute approximate surface area is 211 Å². The molecule has 0 saturated carbocycles. The average Bonchev–Trinajstić information content (AvgIpc) is 2.83. The van der Waals surface area contributed by atoms with E-state index in [2.05, 4.69) is 15.0 Å². The molecule has 0 saturated heterocycles. The Hall–Kier alpha value is -2.95. The molecule has 35 heavy (non-hydrogen) atoms. The van der Waals surface area contributed by atoms with E-state index in [0.717, 1.165) is 30.0 Å². The number of amides is 1. The molecule has 1 heterocycles. The predicted octanol–water partition coefficient (Wildman–Crippen LogP) is 5.69. The van der Waals surface area contributed by atoms with Gasteiger partial charge in [-0.05, 0) is 48.7 Å². The molecule has 2 N–H and O–H groups in total. The number of carbonyl (C=O) groups is 1. The first kappa shape index (κ1) is 26.7. The van der Waals surface area contributed by atoms with Gasteiger partial charge in [0, 0.05) is 6.20 Å². The van der Waals surface area contributed by atoms with Crippen LogP contribution in [0.15, 0.2) is 48.7 Å². The van der Waals surface area contributed by atoms with Crippen molar-refractivity contribution in [1.29, 1.82) is 0 Å². The number of anilines is 2. The summed E-state index contributed by atoms with van der Waals surface area (Å²) in [5.41, 5.74) is -0.381. The van der Waals surface area contributed by atoms with Gasteiger partial charge in [-0.15, -0.1) is 0 Å². The highest BCUT2D eigenvalue weighted by Gasteiger charge is 2.27. The minimum atomic E-state index is -3.97. The van der Waals surface area contributed by atoms with Crippen LogP contribution in [0, 0.1) is 11.6 Å². The van der Waals surface area contributed by atoms with E-state index in [-0.39, 0.29) is 18.5 Å². The summed E-state index contributed by atoms with van der Waals surface area (Å²) in [5.74, 6) is -2.44. The van der Waals surface area contributed by atoms with E-state index in [1.807, 2.05) is 0 Å². The summed E-state index contributed by atoms with van der Waals surface area (Å²) in [7, 11) is -2.44. The third-order valence-corrected chi connectivity index (χ3v) is 7.73. The van der Waals surface area contributed by atoms with E-state index in [0.29, 0.717) is 5.75 Å². The van der Waals surface area contributed by atoms with Crippen molar-refractivity contribution < 1.29 is 26.7 Å². The van der Waals surface area contributed by atoms with Crippen molar-refractivity contribution in [2.75, 3.05) is 17.1 Å². The number of pyridine rings is 1. The molecule has 2 aromatic carbocycles. The lowest BCUT2D eigenvalue weighted by atomic mass is 10.1. The number of hydrogen-bond acceptors (Lipinski definition) is 5. The molecule has 7 nitrogen and oxygen atoms in total. The van der Waals surface area contributed by atoms with Crippen LogP contribution in [0.3, 0.4) is 0 Å². The number of benzene rings is 2. The molecule has 3 rings (SSSR count). The molecule has 3 aromatic rings. The third-order valence-electron chi connectivity index (χ3n) is 5.19. The number of nitrogens with zero attached hydrogens (tertiary/aromatic N) is 1. The molecular formula is C23H21Cl2F2N3O4S. The summed E-state index contributed by atoms with van der Waals surface area (Å²) in [6, 6.07) is 10.1. The summed E-state index contributed by atoms with van der Waals surface area (Å²) < 4.78 is 62.3.